The van der Waals surface area contributed by atoms with Gasteiger partial charge in [0.2, 0.25) is 0 Å². The lowest BCUT2D eigenvalue weighted by atomic mass is 9.95. The number of anilines is 2. The van der Waals surface area contributed by atoms with Gasteiger partial charge in [0.25, 0.3) is 11.7 Å². The smallest absolute Gasteiger partial charge is 0.300 e. The van der Waals surface area contributed by atoms with Crippen molar-refractivity contribution in [3.05, 3.63) is 88.2 Å². The van der Waals surface area contributed by atoms with Gasteiger partial charge in [-0.3, -0.25) is 19.5 Å². The predicted octanol–water partition coefficient (Wildman–Crippen LogP) is 4.50. The van der Waals surface area contributed by atoms with Gasteiger partial charge in [-0.2, -0.15) is 0 Å². The molecule has 2 aromatic carbocycles. The summed E-state index contributed by atoms with van der Waals surface area (Å²) in [6, 6.07) is 13.0. The summed E-state index contributed by atoms with van der Waals surface area (Å²) in [6.07, 6.45) is 3.20. The fraction of sp³-hybridized carbons (Fsp3) is 0.192. The molecular formula is C26H22ClN3O4. The standard InChI is InChI=1S/C26H22ClN3O4/c1-15-18(27)6-3-7-19(15)30-23(17-5-4-10-28-14-17)22(25(32)26(30)33)24(31)16-8-9-21-20(13-16)29(2)11-12-34-21/h3-10,13-14,23,31H,11-12H2,1-2H3/b24-22-. The van der Waals surface area contributed by atoms with E-state index in [1.165, 1.54) is 4.90 Å². The van der Waals surface area contributed by atoms with E-state index in [2.05, 4.69) is 4.98 Å². The van der Waals surface area contributed by atoms with Gasteiger partial charge in [-0.1, -0.05) is 23.7 Å². The number of aliphatic hydroxyl groups excluding tert-OH is 1. The molecule has 7 nitrogen and oxygen atoms in total. The van der Waals surface area contributed by atoms with Crippen molar-refractivity contribution in [2.24, 2.45) is 0 Å². The van der Waals surface area contributed by atoms with Gasteiger partial charge in [0.15, 0.2) is 0 Å². The number of aromatic nitrogens is 1. The third-order valence-corrected chi connectivity index (χ3v) is 6.68. The number of nitrogens with zero attached hydrogens (tertiary/aromatic N) is 3. The van der Waals surface area contributed by atoms with Crippen LogP contribution in [-0.4, -0.2) is 42.0 Å². The summed E-state index contributed by atoms with van der Waals surface area (Å²) >= 11 is 6.33. The van der Waals surface area contributed by atoms with Crippen molar-refractivity contribution in [3.63, 3.8) is 0 Å². The average Bonchev–Trinajstić information content (AvgIpc) is 3.11. The molecule has 0 aliphatic carbocycles. The average molecular weight is 476 g/mol. The van der Waals surface area contributed by atoms with Crippen molar-refractivity contribution in [2.75, 3.05) is 30.0 Å². The minimum absolute atomic E-state index is 0.00305. The van der Waals surface area contributed by atoms with Crippen molar-refractivity contribution < 1.29 is 19.4 Å². The molecule has 0 radical (unpaired) electrons. The second kappa shape index (κ2) is 8.50. The SMILES string of the molecule is Cc1c(Cl)cccc1N1C(=O)C(=O)/C(=C(\O)c2ccc3c(c2)N(C)CCO3)C1c1cccnc1. The molecule has 3 aromatic rings. The lowest BCUT2D eigenvalue weighted by Crippen LogP contribution is -2.30. The highest BCUT2D eigenvalue weighted by Gasteiger charge is 2.47. The minimum atomic E-state index is -0.865. The topological polar surface area (TPSA) is 83.0 Å². The second-order valence-electron chi connectivity index (χ2n) is 8.29. The molecule has 1 aromatic heterocycles. The molecule has 2 aliphatic heterocycles. The second-order valence-corrected chi connectivity index (χ2v) is 8.70. The molecule has 3 heterocycles. The third kappa shape index (κ3) is 3.49. The van der Waals surface area contributed by atoms with Crippen LogP contribution in [0.2, 0.25) is 5.02 Å². The molecule has 1 atom stereocenters. The molecule has 1 fully saturated rings. The number of ether oxygens (including phenoxy) is 1. The highest BCUT2D eigenvalue weighted by Crippen LogP contribution is 2.44. The van der Waals surface area contributed by atoms with Gasteiger partial charge in [0, 0.05) is 35.7 Å². The number of carbonyl (C=O) groups excluding carboxylic acids is 2. The number of carbonyl (C=O) groups is 2. The van der Waals surface area contributed by atoms with Gasteiger partial charge in [-0.05, 0) is 54.4 Å². The number of aliphatic hydroxyl groups is 1. The van der Waals surface area contributed by atoms with Gasteiger partial charge in [0.1, 0.15) is 18.1 Å². The van der Waals surface area contributed by atoms with Crippen molar-refractivity contribution in [3.8, 4) is 5.75 Å². The van der Waals surface area contributed by atoms with Gasteiger partial charge in [0.05, 0.1) is 23.8 Å². The first-order valence-corrected chi connectivity index (χ1v) is 11.2. The molecule has 0 spiro atoms. The number of pyridine rings is 1. The molecule has 1 unspecified atom stereocenters. The molecule has 5 rings (SSSR count). The van der Waals surface area contributed by atoms with E-state index in [-0.39, 0.29) is 11.3 Å². The van der Waals surface area contributed by atoms with E-state index in [4.69, 9.17) is 16.3 Å². The molecule has 1 N–H and O–H groups in total. The number of likely N-dealkylation sites (N-methyl/N-ethyl adjacent to an activating group) is 1. The zero-order valence-corrected chi connectivity index (χ0v) is 19.4. The first-order valence-electron chi connectivity index (χ1n) is 10.8. The largest absolute Gasteiger partial charge is 0.507 e. The van der Waals surface area contributed by atoms with Gasteiger partial charge < -0.3 is 14.7 Å². The Morgan fingerprint density at radius 1 is 1.15 bits per heavy atom. The summed E-state index contributed by atoms with van der Waals surface area (Å²) in [6.45, 7) is 3.06. The van der Waals surface area contributed by atoms with Crippen LogP contribution >= 0.6 is 11.6 Å². The molecule has 1 saturated heterocycles. The van der Waals surface area contributed by atoms with Crippen molar-refractivity contribution >= 4 is 40.4 Å². The quantitative estimate of drug-likeness (QED) is 0.341. The van der Waals surface area contributed by atoms with Crippen molar-refractivity contribution in [1.82, 2.24) is 4.98 Å². The van der Waals surface area contributed by atoms with Crippen LogP contribution in [0.4, 0.5) is 11.4 Å². The Balaban J connectivity index is 1.72. The van der Waals surface area contributed by atoms with Gasteiger partial charge in [-0.15, -0.1) is 0 Å². The number of halogens is 1. The van der Waals surface area contributed by atoms with E-state index in [0.29, 0.717) is 46.3 Å². The molecule has 34 heavy (non-hydrogen) atoms. The lowest BCUT2D eigenvalue weighted by molar-refractivity contribution is -0.132. The van der Waals surface area contributed by atoms with E-state index in [0.717, 1.165) is 5.69 Å². The number of hydrogen-bond donors (Lipinski definition) is 1. The summed E-state index contributed by atoms with van der Waals surface area (Å²) in [5.74, 6) is -1.06. The number of benzene rings is 2. The highest BCUT2D eigenvalue weighted by atomic mass is 35.5. The number of amides is 1. The molecule has 8 heteroatoms. The van der Waals surface area contributed by atoms with Crippen LogP contribution in [0.25, 0.3) is 5.76 Å². The zero-order chi connectivity index (χ0) is 24.0. The maximum atomic E-state index is 13.3. The molecule has 1 amide bonds. The first kappa shape index (κ1) is 22.0. The lowest BCUT2D eigenvalue weighted by Gasteiger charge is -2.28. The Bertz CT molecular complexity index is 1340. The van der Waals surface area contributed by atoms with Crippen LogP contribution in [0.3, 0.4) is 0 Å². The molecule has 0 saturated carbocycles. The van der Waals surface area contributed by atoms with E-state index in [1.54, 1.807) is 67.8 Å². The van der Waals surface area contributed by atoms with E-state index < -0.39 is 17.7 Å². The maximum Gasteiger partial charge on any atom is 0.300 e. The zero-order valence-electron chi connectivity index (χ0n) is 18.7. The number of hydrogen-bond acceptors (Lipinski definition) is 6. The number of ketones is 1. The Morgan fingerprint density at radius 3 is 2.74 bits per heavy atom. The van der Waals surface area contributed by atoms with Crippen LogP contribution in [0, 0.1) is 6.92 Å². The van der Waals surface area contributed by atoms with Crippen molar-refractivity contribution in [2.45, 2.75) is 13.0 Å². The summed E-state index contributed by atoms with van der Waals surface area (Å²) in [5, 5.41) is 11.9. The van der Waals surface area contributed by atoms with E-state index in [1.807, 2.05) is 11.9 Å². The fourth-order valence-corrected chi connectivity index (χ4v) is 4.61. The fourth-order valence-electron chi connectivity index (χ4n) is 4.44. The van der Waals surface area contributed by atoms with Gasteiger partial charge >= 0.3 is 0 Å². The van der Waals surface area contributed by atoms with E-state index >= 15 is 0 Å². The molecule has 2 aliphatic rings. The Morgan fingerprint density at radius 2 is 1.97 bits per heavy atom. The monoisotopic (exact) mass is 475 g/mol. The maximum absolute atomic E-state index is 13.3. The number of Topliss-reactive ketones (excluding diaryl/α,β-unsaturated/α-hetero) is 1. The highest BCUT2D eigenvalue weighted by molar-refractivity contribution is 6.52. The van der Waals surface area contributed by atoms with Crippen LogP contribution in [0.5, 0.6) is 5.75 Å². The van der Waals surface area contributed by atoms with Crippen LogP contribution in [0.1, 0.15) is 22.7 Å². The summed E-state index contributed by atoms with van der Waals surface area (Å²) in [4.78, 5) is 34.2. The van der Waals surface area contributed by atoms with Crippen LogP contribution in [0.15, 0.2) is 66.5 Å². The molecule has 172 valence electrons. The van der Waals surface area contributed by atoms with E-state index in [9.17, 15) is 14.7 Å². The third-order valence-electron chi connectivity index (χ3n) is 6.27. The van der Waals surface area contributed by atoms with Crippen molar-refractivity contribution in [1.29, 1.82) is 0 Å². The Hall–Kier alpha value is -3.84. The normalized spacial score (nSPS) is 19.2. The molecular weight excluding hydrogens is 454 g/mol. The number of rotatable bonds is 3. The Kier molecular flexibility index (Phi) is 5.49. The Labute approximate surface area is 201 Å². The number of fused-ring (bicyclic) bond motifs is 1. The van der Waals surface area contributed by atoms with Crippen LogP contribution < -0.4 is 14.5 Å². The summed E-state index contributed by atoms with van der Waals surface area (Å²) in [5.41, 5.74) is 2.98. The first-order chi connectivity index (χ1) is 16.4. The summed E-state index contributed by atoms with van der Waals surface area (Å²) < 4.78 is 5.69. The minimum Gasteiger partial charge on any atom is -0.507 e. The predicted molar refractivity (Wildman–Crippen MR) is 130 cm³/mol. The van der Waals surface area contributed by atoms with Crippen LogP contribution in [-0.2, 0) is 9.59 Å². The van der Waals surface area contributed by atoms with Gasteiger partial charge in [-0.25, -0.2) is 0 Å². The summed E-state index contributed by atoms with van der Waals surface area (Å²) in [7, 11) is 1.93. The molecule has 0 bridgehead atoms.